The summed E-state index contributed by atoms with van der Waals surface area (Å²) in [5, 5.41) is 3.62. The van der Waals surface area contributed by atoms with Crippen molar-refractivity contribution in [2.75, 3.05) is 18.0 Å². The number of aryl methyl sites for hydroxylation is 1. The molecule has 2 nitrogen and oxygen atoms in total. The second-order valence-corrected chi connectivity index (χ2v) is 5.58. The number of hydrogen-bond acceptors (Lipinski definition) is 2. The molecular formula is C16H26N2. The second-order valence-electron chi connectivity index (χ2n) is 5.58. The van der Waals surface area contributed by atoms with Crippen LogP contribution in [0.5, 0.6) is 0 Å². The summed E-state index contributed by atoms with van der Waals surface area (Å²) < 4.78 is 0. The highest BCUT2D eigenvalue weighted by molar-refractivity contribution is 5.49. The molecule has 100 valence electrons. The van der Waals surface area contributed by atoms with Crippen molar-refractivity contribution >= 4 is 5.69 Å². The molecule has 0 radical (unpaired) electrons. The zero-order valence-electron chi connectivity index (χ0n) is 12.1. The minimum atomic E-state index is 0.602. The Morgan fingerprint density at radius 2 is 1.89 bits per heavy atom. The van der Waals surface area contributed by atoms with Crippen LogP contribution in [0.15, 0.2) is 24.3 Å². The summed E-state index contributed by atoms with van der Waals surface area (Å²) in [6.45, 7) is 11.3. The fraction of sp³-hybridized carbons (Fsp3) is 0.625. The van der Waals surface area contributed by atoms with E-state index in [0.29, 0.717) is 18.0 Å². The summed E-state index contributed by atoms with van der Waals surface area (Å²) >= 11 is 0. The van der Waals surface area contributed by atoms with Crippen LogP contribution in [0, 0.1) is 12.8 Å². The van der Waals surface area contributed by atoms with Gasteiger partial charge >= 0.3 is 0 Å². The van der Waals surface area contributed by atoms with E-state index in [9.17, 15) is 0 Å². The maximum Gasteiger partial charge on any atom is 0.0368 e. The molecule has 1 fully saturated rings. The van der Waals surface area contributed by atoms with Gasteiger partial charge in [0, 0.05) is 24.3 Å². The molecule has 0 amide bonds. The maximum absolute atomic E-state index is 3.62. The topological polar surface area (TPSA) is 15.3 Å². The first kappa shape index (κ1) is 13.4. The van der Waals surface area contributed by atoms with E-state index in [2.05, 4.69) is 62.2 Å². The van der Waals surface area contributed by atoms with Crippen molar-refractivity contribution in [3.63, 3.8) is 0 Å². The predicted octanol–water partition coefficient (Wildman–Crippen LogP) is 3.21. The van der Waals surface area contributed by atoms with Crippen molar-refractivity contribution in [1.82, 2.24) is 5.32 Å². The fourth-order valence-electron chi connectivity index (χ4n) is 3.02. The Hall–Kier alpha value is -1.02. The molecule has 0 aromatic heterocycles. The summed E-state index contributed by atoms with van der Waals surface area (Å²) in [5.74, 6) is 0.694. The lowest BCUT2D eigenvalue weighted by atomic mass is 9.86. The molecule has 1 aromatic carbocycles. The van der Waals surface area contributed by atoms with Gasteiger partial charge in [0.25, 0.3) is 0 Å². The minimum Gasteiger partial charge on any atom is -0.368 e. The van der Waals surface area contributed by atoms with Crippen LogP contribution in [-0.4, -0.2) is 25.2 Å². The Kier molecular flexibility index (Phi) is 4.28. The first-order valence-electron chi connectivity index (χ1n) is 7.20. The molecule has 1 heterocycles. The largest absolute Gasteiger partial charge is 0.368 e. The maximum atomic E-state index is 3.62. The van der Waals surface area contributed by atoms with Crippen LogP contribution in [-0.2, 0) is 0 Å². The zero-order valence-corrected chi connectivity index (χ0v) is 12.1. The summed E-state index contributed by atoms with van der Waals surface area (Å²) in [6, 6.07) is 10.2. The molecular weight excluding hydrogens is 220 g/mol. The van der Waals surface area contributed by atoms with Gasteiger partial charge in [0.2, 0.25) is 0 Å². The molecule has 1 aliphatic heterocycles. The van der Waals surface area contributed by atoms with Gasteiger partial charge in [-0.1, -0.05) is 31.5 Å². The van der Waals surface area contributed by atoms with Gasteiger partial charge in [0.1, 0.15) is 0 Å². The number of nitrogens with zero attached hydrogens (tertiary/aromatic N) is 1. The third-order valence-corrected chi connectivity index (χ3v) is 4.40. The Balaban J connectivity index is 2.10. The molecule has 18 heavy (non-hydrogen) atoms. The summed E-state index contributed by atoms with van der Waals surface area (Å²) in [4.78, 5) is 2.55. The zero-order chi connectivity index (χ0) is 13.1. The lowest BCUT2D eigenvalue weighted by molar-refractivity contribution is 0.274. The van der Waals surface area contributed by atoms with E-state index in [1.807, 2.05) is 0 Å². The molecule has 0 spiro atoms. The van der Waals surface area contributed by atoms with Crippen LogP contribution in [0.25, 0.3) is 0 Å². The van der Waals surface area contributed by atoms with Crippen LogP contribution in [0.2, 0.25) is 0 Å². The van der Waals surface area contributed by atoms with Crippen molar-refractivity contribution in [3.05, 3.63) is 29.8 Å². The molecule has 1 saturated heterocycles. The average Bonchev–Trinajstić information content (AvgIpc) is 2.37. The number of piperidine rings is 1. The van der Waals surface area contributed by atoms with E-state index in [4.69, 9.17) is 0 Å². The molecule has 1 aromatic rings. The SMILES string of the molecule is CCNC1CCN(c2ccc(C)cc2)C(C)C1C. The molecule has 2 heteroatoms. The minimum absolute atomic E-state index is 0.602. The van der Waals surface area contributed by atoms with Crippen molar-refractivity contribution in [3.8, 4) is 0 Å². The number of nitrogens with one attached hydrogen (secondary N) is 1. The van der Waals surface area contributed by atoms with Crippen LogP contribution < -0.4 is 10.2 Å². The van der Waals surface area contributed by atoms with Crippen LogP contribution in [0.3, 0.4) is 0 Å². The van der Waals surface area contributed by atoms with Gasteiger partial charge < -0.3 is 10.2 Å². The van der Waals surface area contributed by atoms with Crippen molar-refractivity contribution in [2.24, 2.45) is 5.92 Å². The van der Waals surface area contributed by atoms with E-state index in [1.54, 1.807) is 0 Å². The summed E-state index contributed by atoms with van der Waals surface area (Å²) in [6.07, 6.45) is 1.24. The average molecular weight is 246 g/mol. The van der Waals surface area contributed by atoms with Crippen molar-refractivity contribution < 1.29 is 0 Å². The number of rotatable bonds is 3. The molecule has 0 saturated carbocycles. The monoisotopic (exact) mass is 246 g/mol. The van der Waals surface area contributed by atoms with Crippen LogP contribution in [0.1, 0.15) is 32.8 Å². The third-order valence-electron chi connectivity index (χ3n) is 4.40. The normalized spacial score (nSPS) is 28.4. The van der Waals surface area contributed by atoms with E-state index < -0.39 is 0 Å². The van der Waals surface area contributed by atoms with Gasteiger partial charge in [-0.3, -0.25) is 0 Å². The molecule has 0 aliphatic carbocycles. The van der Waals surface area contributed by atoms with Gasteiger partial charge in [-0.25, -0.2) is 0 Å². The molecule has 3 unspecified atom stereocenters. The molecule has 3 atom stereocenters. The van der Waals surface area contributed by atoms with Crippen LogP contribution in [0.4, 0.5) is 5.69 Å². The van der Waals surface area contributed by atoms with Crippen molar-refractivity contribution in [2.45, 2.75) is 46.2 Å². The standard InChI is InChI=1S/C16H26N2/c1-5-17-16-10-11-18(14(4)13(16)3)15-8-6-12(2)7-9-15/h6-9,13-14,16-17H,5,10-11H2,1-4H3. The molecule has 1 N–H and O–H groups in total. The Labute approximate surface area is 111 Å². The Morgan fingerprint density at radius 3 is 2.50 bits per heavy atom. The Morgan fingerprint density at radius 1 is 1.22 bits per heavy atom. The van der Waals surface area contributed by atoms with E-state index in [0.717, 1.165) is 13.1 Å². The van der Waals surface area contributed by atoms with Crippen molar-refractivity contribution in [1.29, 1.82) is 0 Å². The van der Waals surface area contributed by atoms with E-state index in [1.165, 1.54) is 17.7 Å². The quantitative estimate of drug-likeness (QED) is 0.881. The predicted molar refractivity (Wildman–Crippen MR) is 79.2 cm³/mol. The third kappa shape index (κ3) is 2.69. The van der Waals surface area contributed by atoms with Gasteiger partial charge in [0.05, 0.1) is 0 Å². The summed E-state index contributed by atoms with van der Waals surface area (Å²) in [7, 11) is 0. The van der Waals surface area contributed by atoms with Gasteiger partial charge in [0.15, 0.2) is 0 Å². The highest BCUT2D eigenvalue weighted by Gasteiger charge is 2.31. The van der Waals surface area contributed by atoms with Gasteiger partial charge in [-0.05, 0) is 44.9 Å². The number of hydrogen-bond donors (Lipinski definition) is 1. The van der Waals surface area contributed by atoms with Gasteiger partial charge in [-0.15, -0.1) is 0 Å². The Bertz CT molecular complexity index is 371. The molecule has 2 rings (SSSR count). The van der Waals surface area contributed by atoms with E-state index in [-0.39, 0.29) is 0 Å². The highest BCUT2D eigenvalue weighted by Crippen LogP contribution is 2.28. The molecule has 1 aliphatic rings. The van der Waals surface area contributed by atoms with Crippen LogP contribution >= 0.6 is 0 Å². The number of benzene rings is 1. The first-order valence-corrected chi connectivity index (χ1v) is 7.20. The first-order chi connectivity index (χ1) is 8.63. The summed E-state index contributed by atoms with van der Waals surface area (Å²) in [5.41, 5.74) is 2.71. The lowest BCUT2D eigenvalue weighted by Crippen LogP contribution is -2.53. The molecule has 0 bridgehead atoms. The lowest BCUT2D eigenvalue weighted by Gasteiger charge is -2.44. The van der Waals surface area contributed by atoms with Gasteiger partial charge in [-0.2, -0.15) is 0 Å². The smallest absolute Gasteiger partial charge is 0.0368 e. The highest BCUT2D eigenvalue weighted by atomic mass is 15.2. The van der Waals surface area contributed by atoms with E-state index >= 15 is 0 Å². The second kappa shape index (κ2) is 5.75. The fourth-order valence-corrected chi connectivity index (χ4v) is 3.02. The number of anilines is 1.